The summed E-state index contributed by atoms with van der Waals surface area (Å²) in [6, 6.07) is 9.98. The molecule has 0 radical (unpaired) electrons. The lowest BCUT2D eigenvalue weighted by Crippen LogP contribution is -2.41. The van der Waals surface area contributed by atoms with E-state index in [4.69, 9.17) is 4.74 Å². The van der Waals surface area contributed by atoms with Crippen molar-refractivity contribution < 1.29 is 31.4 Å². The molecule has 0 spiro atoms. The van der Waals surface area contributed by atoms with E-state index in [1.54, 1.807) is 25.1 Å². The predicted molar refractivity (Wildman–Crippen MR) is 158 cm³/mol. The normalized spacial score (nSPS) is 15.8. The molecule has 0 amide bonds. The van der Waals surface area contributed by atoms with Gasteiger partial charge in [0.2, 0.25) is 0 Å². The summed E-state index contributed by atoms with van der Waals surface area (Å²) in [5, 5.41) is 16.8. The van der Waals surface area contributed by atoms with Gasteiger partial charge in [-0.1, -0.05) is 24.0 Å². The van der Waals surface area contributed by atoms with E-state index in [0.29, 0.717) is 28.2 Å². The summed E-state index contributed by atoms with van der Waals surface area (Å²) >= 11 is 1.25. The van der Waals surface area contributed by atoms with Gasteiger partial charge in [-0.05, 0) is 48.9 Å². The first-order chi connectivity index (χ1) is 19.3. The van der Waals surface area contributed by atoms with Crippen molar-refractivity contribution in [3.63, 3.8) is 0 Å². The number of methoxy groups -OCH3 is 1. The molecule has 12 heteroatoms. The number of benzene rings is 2. The van der Waals surface area contributed by atoms with Crippen molar-refractivity contribution in [2.75, 3.05) is 50.2 Å². The third kappa shape index (κ3) is 8.29. The summed E-state index contributed by atoms with van der Waals surface area (Å²) in [5.74, 6) is 6.17. The highest BCUT2D eigenvalue weighted by Gasteiger charge is 2.31. The zero-order valence-corrected chi connectivity index (χ0v) is 24.8. The molecule has 4 rings (SSSR count). The van der Waals surface area contributed by atoms with Crippen molar-refractivity contribution in [2.45, 2.75) is 49.4 Å². The van der Waals surface area contributed by atoms with Crippen LogP contribution in [0.4, 0.5) is 24.5 Å². The van der Waals surface area contributed by atoms with Crippen LogP contribution in [0.5, 0.6) is 5.75 Å². The van der Waals surface area contributed by atoms with Crippen LogP contribution >= 0.6 is 11.3 Å². The molecule has 1 aliphatic heterocycles. The van der Waals surface area contributed by atoms with Crippen LogP contribution in [-0.4, -0.2) is 76.3 Å². The quantitative estimate of drug-likeness (QED) is 0.290. The fourth-order valence-corrected chi connectivity index (χ4v) is 6.73. The maximum absolute atomic E-state index is 13.6. The highest BCUT2D eigenvalue weighted by molar-refractivity contribution is 7.90. The third-order valence-corrected chi connectivity index (χ3v) is 9.14. The average Bonchev–Trinajstić information content (AvgIpc) is 3.23. The molecule has 0 aliphatic carbocycles. The first-order valence-electron chi connectivity index (χ1n) is 13.2. The van der Waals surface area contributed by atoms with Gasteiger partial charge in [0, 0.05) is 38.0 Å². The fraction of sp³-hybridized carbons (Fsp3) is 0.448. The molecule has 0 bridgehead atoms. The van der Waals surface area contributed by atoms with Crippen LogP contribution in [0, 0.1) is 11.8 Å². The second-order valence-corrected chi connectivity index (χ2v) is 13.3. The Bertz CT molecular complexity index is 1530. The largest absolute Gasteiger partial charge is 0.495 e. The topological polar surface area (TPSA) is 90.9 Å². The lowest BCUT2D eigenvalue weighted by atomic mass is 10.0. The summed E-state index contributed by atoms with van der Waals surface area (Å²) in [4.78, 5) is 2.69. The number of rotatable bonds is 9. The number of anilines is 2. The SMILES string of the molecule is COc1cc(S(C)(=O)=O)ccc1NCC#Cc1sc2c(NC3CCN(CC(C)O)CC3)cccc2c1CC(F)(F)F. The highest BCUT2D eigenvalue weighted by atomic mass is 32.2. The van der Waals surface area contributed by atoms with Crippen molar-refractivity contribution in [3.8, 4) is 17.6 Å². The Kier molecular flexibility index (Phi) is 9.74. The van der Waals surface area contributed by atoms with E-state index in [2.05, 4.69) is 27.4 Å². The Morgan fingerprint density at radius 1 is 1.20 bits per heavy atom. The zero-order valence-electron chi connectivity index (χ0n) is 23.1. The number of fused-ring (bicyclic) bond motifs is 1. The van der Waals surface area contributed by atoms with Gasteiger partial charge in [-0.15, -0.1) is 11.3 Å². The molecule has 7 nitrogen and oxygen atoms in total. The minimum absolute atomic E-state index is 0.114. The van der Waals surface area contributed by atoms with Gasteiger partial charge in [0.25, 0.3) is 0 Å². The molecule has 41 heavy (non-hydrogen) atoms. The molecule has 2 heterocycles. The van der Waals surface area contributed by atoms with E-state index in [0.717, 1.165) is 42.6 Å². The number of thiophene rings is 1. The van der Waals surface area contributed by atoms with Gasteiger partial charge in [-0.3, -0.25) is 0 Å². The van der Waals surface area contributed by atoms with Crippen LogP contribution in [0.25, 0.3) is 10.1 Å². The van der Waals surface area contributed by atoms with Crippen LogP contribution < -0.4 is 15.4 Å². The fourth-order valence-electron chi connectivity index (χ4n) is 4.93. The van der Waals surface area contributed by atoms with Gasteiger partial charge in [-0.25, -0.2) is 8.42 Å². The van der Waals surface area contributed by atoms with E-state index in [1.165, 1.54) is 30.6 Å². The molecule has 2 aromatic carbocycles. The molecule has 3 aromatic rings. The number of hydrogen-bond acceptors (Lipinski definition) is 8. The number of likely N-dealkylation sites (tertiary alicyclic amines) is 1. The molecule has 1 saturated heterocycles. The molecule has 1 unspecified atom stereocenters. The number of hydrogen-bond donors (Lipinski definition) is 3. The van der Waals surface area contributed by atoms with E-state index < -0.39 is 22.4 Å². The lowest BCUT2D eigenvalue weighted by Gasteiger charge is -2.33. The van der Waals surface area contributed by atoms with Crippen molar-refractivity contribution in [3.05, 3.63) is 46.8 Å². The number of alkyl halides is 3. The number of sulfone groups is 1. The monoisotopic (exact) mass is 609 g/mol. The number of aliphatic hydroxyl groups excluding tert-OH is 1. The van der Waals surface area contributed by atoms with Crippen molar-refractivity contribution in [2.24, 2.45) is 0 Å². The number of β-amino-alcohol motifs (C(OH)–C–C–N with tert-alkyl or cyclic N) is 1. The summed E-state index contributed by atoms with van der Waals surface area (Å²) < 4.78 is 70.4. The Morgan fingerprint density at radius 3 is 2.56 bits per heavy atom. The van der Waals surface area contributed by atoms with Crippen molar-refractivity contribution in [1.29, 1.82) is 0 Å². The Hall–Kier alpha value is -2.98. The molecule has 0 saturated carbocycles. The van der Waals surface area contributed by atoms with Gasteiger partial charge < -0.3 is 25.4 Å². The number of ether oxygens (including phenoxy) is 1. The average molecular weight is 610 g/mol. The van der Waals surface area contributed by atoms with Crippen LogP contribution in [0.1, 0.15) is 30.2 Å². The smallest absolute Gasteiger partial charge is 0.393 e. The van der Waals surface area contributed by atoms with Crippen molar-refractivity contribution >= 4 is 42.6 Å². The molecule has 1 aromatic heterocycles. The maximum atomic E-state index is 13.6. The van der Waals surface area contributed by atoms with Gasteiger partial charge in [0.15, 0.2) is 9.84 Å². The number of aliphatic hydroxyl groups is 1. The second-order valence-electron chi connectivity index (χ2n) is 10.2. The zero-order chi connectivity index (χ0) is 29.8. The first-order valence-corrected chi connectivity index (χ1v) is 15.9. The molecule has 1 aliphatic rings. The third-order valence-electron chi connectivity index (χ3n) is 6.84. The Labute approximate surface area is 242 Å². The summed E-state index contributed by atoms with van der Waals surface area (Å²) in [6.07, 6.45) is -3.01. The van der Waals surface area contributed by atoms with Gasteiger partial charge in [-0.2, -0.15) is 13.2 Å². The van der Waals surface area contributed by atoms with Crippen LogP contribution in [0.15, 0.2) is 41.3 Å². The van der Waals surface area contributed by atoms with Gasteiger partial charge in [0.1, 0.15) is 5.75 Å². The Morgan fingerprint density at radius 2 is 1.93 bits per heavy atom. The summed E-state index contributed by atoms with van der Waals surface area (Å²) in [6.45, 7) is 4.20. The van der Waals surface area contributed by atoms with E-state index in [-0.39, 0.29) is 29.1 Å². The summed E-state index contributed by atoms with van der Waals surface area (Å²) in [5.41, 5.74) is 1.48. The predicted octanol–water partition coefficient (Wildman–Crippen LogP) is 5.14. The minimum atomic E-state index is -4.39. The number of nitrogens with zero attached hydrogens (tertiary/aromatic N) is 1. The van der Waals surface area contributed by atoms with Gasteiger partial charge in [0.05, 0.1) is 52.0 Å². The van der Waals surface area contributed by atoms with Crippen LogP contribution in [0.2, 0.25) is 0 Å². The van der Waals surface area contributed by atoms with E-state index >= 15 is 0 Å². The molecule has 3 N–H and O–H groups in total. The lowest BCUT2D eigenvalue weighted by molar-refractivity contribution is -0.126. The number of nitrogens with one attached hydrogen (secondary N) is 2. The molecular weight excluding hydrogens is 575 g/mol. The second kappa shape index (κ2) is 12.9. The molecular formula is C29H34F3N3O4S2. The van der Waals surface area contributed by atoms with Gasteiger partial charge >= 0.3 is 6.18 Å². The van der Waals surface area contributed by atoms with E-state index in [1.807, 2.05) is 6.07 Å². The first kappa shape index (κ1) is 31.0. The van der Waals surface area contributed by atoms with Crippen LogP contribution in [0.3, 0.4) is 0 Å². The maximum Gasteiger partial charge on any atom is 0.393 e. The molecule has 1 fully saturated rings. The van der Waals surface area contributed by atoms with Crippen LogP contribution in [-0.2, 0) is 16.3 Å². The number of piperidine rings is 1. The molecule has 1 atom stereocenters. The Balaban J connectivity index is 1.55. The van der Waals surface area contributed by atoms with Crippen molar-refractivity contribution in [1.82, 2.24) is 4.90 Å². The highest BCUT2D eigenvalue weighted by Crippen LogP contribution is 2.39. The standard InChI is InChI=1S/C29H34F3N3O4S2/c1-19(36)18-35-14-11-20(12-15-35)34-25-7-4-6-22-23(17-29(30,31)32)27(40-28(22)25)8-5-13-33-24-10-9-21(41(3,37)38)16-26(24)39-2/h4,6-7,9-10,16,19-20,33-34,36H,11-15,17-18H2,1-3H3. The van der Waals surface area contributed by atoms with E-state index in [9.17, 15) is 26.7 Å². The molecule has 222 valence electrons. The number of halogens is 3. The minimum Gasteiger partial charge on any atom is -0.495 e. The summed E-state index contributed by atoms with van der Waals surface area (Å²) in [7, 11) is -1.99.